The Morgan fingerprint density at radius 3 is 2.31 bits per heavy atom. The first-order valence-corrected chi connectivity index (χ1v) is 11.3. The van der Waals surface area contributed by atoms with Gasteiger partial charge >= 0.3 is 0 Å². The number of ether oxygens (including phenoxy) is 1. The molecular weight excluding hydrogens is 441 g/mol. The summed E-state index contributed by atoms with van der Waals surface area (Å²) in [5.41, 5.74) is 2.24. The number of carbonyl (C=O) groups is 2. The van der Waals surface area contributed by atoms with Crippen LogP contribution < -0.4 is 10.2 Å². The van der Waals surface area contributed by atoms with Crippen LogP contribution in [-0.2, 0) is 26.2 Å². The van der Waals surface area contributed by atoms with Gasteiger partial charge < -0.3 is 9.64 Å². The van der Waals surface area contributed by atoms with E-state index >= 15 is 0 Å². The highest BCUT2D eigenvalue weighted by molar-refractivity contribution is 7.89. The molecule has 2 aromatic carbocycles. The van der Waals surface area contributed by atoms with Crippen LogP contribution in [0.3, 0.4) is 0 Å². The van der Waals surface area contributed by atoms with Crippen LogP contribution >= 0.6 is 0 Å². The van der Waals surface area contributed by atoms with Crippen LogP contribution in [0.2, 0.25) is 0 Å². The van der Waals surface area contributed by atoms with Crippen LogP contribution in [0.5, 0.6) is 5.75 Å². The molecule has 1 aliphatic rings. The van der Waals surface area contributed by atoms with E-state index in [1.54, 1.807) is 19.1 Å². The highest BCUT2D eigenvalue weighted by atomic mass is 32.2. The zero-order chi connectivity index (χ0) is 23.5. The van der Waals surface area contributed by atoms with E-state index in [0.29, 0.717) is 5.75 Å². The number of amides is 2. The molecule has 0 saturated carbocycles. The number of hydrogen-bond donors (Lipinski definition) is 2. The van der Waals surface area contributed by atoms with E-state index in [0.717, 1.165) is 9.87 Å². The monoisotopic (exact) mass is 465 g/mol. The largest absolute Gasteiger partial charge is 0.489 e. The molecule has 2 N–H and O–H groups in total. The summed E-state index contributed by atoms with van der Waals surface area (Å²) in [6.07, 6.45) is 0. The molecule has 1 saturated heterocycles. The van der Waals surface area contributed by atoms with Gasteiger partial charge in [-0.15, -0.1) is 0 Å². The van der Waals surface area contributed by atoms with E-state index in [9.17, 15) is 22.4 Å². The van der Waals surface area contributed by atoms with Gasteiger partial charge in [0.2, 0.25) is 15.9 Å². The molecule has 32 heavy (non-hydrogen) atoms. The first-order chi connectivity index (χ1) is 15.1. The maximum atomic E-state index is 13.2. The van der Waals surface area contributed by atoms with Crippen molar-refractivity contribution in [1.29, 1.82) is 0 Å². The molecule has 3 rings (SSSR count). The van der Waals surface area contributed by atoms with Crippen molar-refractivity contribution >= 4 is 21.8 Å². The number of hydrogen-bond acceptors (Lipinski definition) is 6. The number of sulfonamides is 1. The number of halogens is 1. The van der Waals surface area contributed by atoms with Gasteiger partial charge in [0.05, 0.1) is 10.9 Å². The Balaban J connectivity index is 1.79. The van der Waals surface area contributed by atoms with Gasteiger partial charge in [-0.05, 0) is 48.9 Å². The predicted octanol–water partition coefficient (Wildman–Crippen LogP) is 1.52. The number of carbonyl (C=O) groups excluding carboxylic acids is 2. The number of nitrogens with one attached hydrogen (secondary N) is 1. The van der Waals surface area contributed by atoms with Crippen LogP contribution in [0, 0.1) is 5.82 Å². The van der Waals surface area contributed by atoms with Gasteiger partial charge in [0.1, 0.15) is 24.2 Å². The lowest BCUT2D eigenvalue weighted by atomic mass is 10.0. The van der Waals surface area contributed by atoms with Crippen molar-refractivity contribution in [1.82, 2.24) is 14.7 Å². The van der Waals surface area contributed by atoms with Gasteiger partial charge in [-0.2, -0.15) is 4.31 Å². The molecule has 0 spiro atoms. The summed E-state index contributed by atoms with van der Waals surface area (Å²) in [5.74, 6) is -1.16. The smallest absolute Gasteiger partial charge is 0.263 e. The fourth-order valence-corrected chi connectivity index (χ4v) is 5.32. The Bertz CT molecular complexity index is 1080. The van der Waals surface area contributed by atoms with Crippen LogP contribution in [-0.4, -0.2) is 59.8 Å². The quantitative estimate of drug-likeness (QED) is 0.494. The van der Waals surface area contributed by atoms with E-state index in [1.165, 1.54) is 53.7 Å². The molecule has 0 unspecified atom stereocenters. The topological polar surface area (TPSA) is 116 Å². The van der Waals surface area contributed by atoms with Gasteiger partial charge in [0.25, 0.3) is 5.91 Å². The second-order valence-corrected chi connectivity index (χ2v) is 9.27. The van der Waals surface area contributed by atoms with Gasteiger partial charge in [-0.3, -0.25) is 14.8 Å². The second-order valence-electron chi connectivity index (χ2n) is 7.38. The number of piperazine rings is 1. The molecule has 11 heteroatoms. The summed E-state index contributed by atoms with van der Waals surface area (Å²) in [6.45, 7) is 3.07. The van der Waals surface area contributed by atoms with Gasteiger partial charge in [-0.25, -0.2) is 18.3 Å². The molecule has 9 nitrogen and oxygen atoms in total. The van der Waals surface area contributed by atoms with Crippen molar-refractivity contribution in [3.8, 4) is 5.75 Å². The predicted molar refractivity (Wildman–Crippen MR) is 112 cm³/mol. The molecular formula is C21H24FN3O6S. The van der Waals surface area contributed by atoms with Crippen molar-refractivity contribution in [3.63, 3.8) is 0 Å². The molecule has 0 radical (unpaired) electrons. The van der Waals surface area contributed by atoms with Crippen molar-refractivity contribution < 1.29 is 32.3 Å². The minimum Gasteiger partial charge on any atom is -0.489 e. The first kappa shape index (κ1) is 23.6. The summed E-state index contributed by atoms with van der Waals surface area (Å²) in [4.78, 5) is 25.4. The Morgan fingerprint density at radius 2 is 1.75 bits per heavy atom. The summed E-state index contributed by atoms with van der Waals surface area (Å²) in [6, 6.07) is 9.40. The van der Waals surface area contributed by atoms with Crippen molar-refractivity contribution in [2.24, 2.45) is 0 Å². The first-order valence-electron chi connectivity index (χ1n) is 9.85. The van der Waals surface area contributed by atoms with Crippen molar-refractivity contribution in [2.75, 3.05) is 13.1 Å². The SMILES string of the molecule is CC(=O)N1CCN(S(=O)(=O)c2ccc(OCc3ccc(F)cc3)cc2)[C@@H](C(=O)NO)[C@@H]1C. The zero-order valence-electron chi connectivity index (χ0n) is 17.6. The molecule has 1 fully saturated rings. The number of nitrogens with zero attached hydrogens (tertiary/aromatic N) is 2. The number of benzene rings is 2. The number of rotatable bonds is 6. The minimum atomic E-state index is -4.11. The highest BCUT2D eigenvalue weighted by Gasteiger charge is 2.45. The molecule has 0 aliphatic carbocycles. The van der Waals surface area contributed by atoms with Crippen molar-refractivity contribution in [2.45, 2.75) is 37.4 Å². The Labute approximate surface area is 185 Å². The minimum absolute atomic E-state index is 0.0640. The Kier molecular flexibility index (Phi) is 7.12. The highest BCUT2D eigenvalue weighted by Crippen LogP contribution is 2.27. The van der Waals surface area contributed by atoms with Gasteiger partial charge in [-0.1, -0.05) is 12.1 Å². The third-order valence-electron chi connectivity index (χ3n) is 5.35. The van der Waals surface area contributed by atoms with Gasteiger partial charge in [0, 0.05) is 20.0 Å². The molecule has 172 valence electrons. The van der Waals surface area contributed by atoms with E-state index in [2.05, 4.69) is 0 Å². The fraction of sp³-hybridized carbons (Fsp3) is 0.333. The zero-order valence-corrected chi connectivity index (χ0v) is 18.4. The van der Waals surface area contributed by atoms with Crippen LogP contribution in [0.25, 0.3) is 0 Å². The molecule has 1 heterocycles. The fourth-order valence-electron chi connectivity index (χ4n) is 3.68. The normalized spacial score (nSPS) is 19.4. The summed E-state index contributed by atoms with van der Waals surface area (Å²) >= 11 is 0. The summed E-state index contributed by atoms with van der Waals surface area (Å²) in [5, 5.41) is 9.13. The number of hydroxylamine groups is 1. The summed E-state index contributed by atoms with van der Waals surface area (Å²) < 4.78 is 46.1. The molecule has 2 atom stereocenters. The van der Waals surface area contributed by atoms with Crippen LogP contribution in [0.1, 0.15) is 19.4 Å². The third kappa shape index (κ3) is 4.90. The van der Waals surface area contributed by atoms with E-state index in [4.69, 9.17) is 9.94 Å². The second kappa shape index (κ2) is 9.63. The van der Waals surface area contributed by atoms with E-state index < -0.39 is 28.0 Å². The Hall–Kier alpha value is -3.02. The molecule has 2 amide bonds. The molecule has 1 aliphatic heterocycles. The summed E-state index contributed by atoms with van der Waals surface area (Å²) in [7, 11) is -4.11. The molecule has 0 bridgehead atoms. The lowest BCUT2D eigenvalue weighted by molar-refractivity contribution is -0.142. The lowest BCUT2D eigenvalue weighted by Crippen LogP contribution is -2.65. The third-order valence-corrected chi connectivity index (χ3v) is 7.25. The molecule has 0 aromatic heterocycles. The van der Waals surface area contributed by atoms with Crippen LogP contribution in [0.4, 0.5) is 4.39 Å². The van der Waals surface area contributed by atoms with Gasteiger partial charge in [0.15, 0.2) is 0 Å². The van der Waals surface area contributed by atoms with Crippen molar-refractivity contribution in [3.05, 3.63) is 59.9 Å². The average molecular weight is 466 g/mol. The average Bonchev–Trinajstić information content (AvgIpc) is 2.78. The van der Waals surface area contributed by atoms with Crippen LogP contribution in [0.15, 0.2) is 53.4 Å². The van der Waals surface area contributed by atoms with E-state index in [1.807, 2.05) is 0 Å². The Morgan fingerprint density at radius 1 is 1.12 bits per heavy atom. The van der Waals surface area contributed by atoms with E-state index in [-0.39, 0.29) is 36.3 Å². The molecule has 2 aromatic rings. The maximum Gasteiger partial charge on any atom is 0.263 e. The maximum absolute atomic E-state index is 13.2. The standard InChI is InChI=1S/C21H24FN3O6S/c1-14-20(21(27)23-28)25(12-11-24(14)15(2)26)32(29,30)19-9-7-18(8-10-19)31-13-16-3-5-17(22)6-4-16/h3-10,14,20,28H,11-13H2,1-2H3,(H,23,27)/t14-,20+/m0/s1. The lowest BCUT2D eigenvalue weighted by Gasteiger charge is -2.43.